The van der Waals surface area contributed by atoms with Crippen LogP contribution in [-0.4, -0.2) is 16.3 Å². The van der Waals surface area contributed by atoms with Gasteiger partial charge in [0.05, 0.1) is 11.7 Å². The third-order valence-electron chi connectivity index (χ3n) is 5.15. The van der Waals surface area contributed by atoms with Crippen molar-refractivity contribution in [3.05, 3.63) is 18.0 Å². The van der Waals surface area contributed by atoms with Gasteiger partial charge in [-0.25, -0.2) is 0 Å². The van der Waals surface area contributed by atoms with Crippen molar-refractivity contribution >= 4 is 0 Å². The summed E-state index contributed by atoms with van der Waals surface area (Å²) in [5.41, 5.74) is 1.42. The Kier molecular flexibility index (Phi) is 3.92. The van der Waals surface area contributed by atoms with Gasteiger partial charge in [-0.2, -0.15) is 5.10 Å². The Hall–Kier alpha value is -0.830. The first-order valence-electron chi connectivity index (χ1n) is 8.08. The highest BCUT2D eigenvalue weighted by Gasteiger charge is 2.43. The van der Waals surface area contributed by atoms with E-state index in [0.29, 0.717) is 6.04 Å². The minimum Gasteiger partial charge on any atom is -0.309 e. The van der Waals surface area contributed by atoms with Crippen LogP contribution in [0.15, 0.2) is 12.3 Å². The Balaban J connectivity index is 1.82. The highest BCUT2D eigenvalue weighted by molar-refractivity contribution is 5.11. The SMILES string of the molecule is CCCn1nccc1C(NCC)C1CC2CCC1C2. The maximum Gasteiger partial charge on any atom is 0.0556 e. The zero-order valence-electron chi connectivity index (χ0n) is 12.3. The summed E-state index contributed by atoms with van der Waals surface area (Å²) in [7, 11) is 0. The Morgan fingerprint density at radius 1 is 1.37 bits per heavy atom. The molecule has 1 aromatic rings. The normalized spacial score (nSPS) is 30.9. The van der Waals surface area contributed by atoms with Gasteiger partial charge in [-0.15, -0.1) is 0 Å². The summed E-state index contributed by atoms with van der Waals surface area (Å²) >= 11 is 0. The van der Waals surface area contributed by atoms with Gasteiger partial charge in [-0.3, -0.25) is 4.68 Å². The molecule has 0 aliphatic heterocycles. The van der Waals surface area contributed by atoms with Crippen LogP contribution in [-0.2, 0) is 6.54 Å². The molecule has 2 aliphatic carbocycles. The van der Waals surface area contributed by atoms with Crippen molar-refractivity contribution in [2.45, 2.75) is 58.5 Å². The van der Waals surface area contributed by atoms with Crippen LogP contribution in [0.1, 0.15) is 57.7 Å². The van der Waals surface area contributed by atoms with Crippen molar-refractivity contribution in [1.82, 2.24) is 15.1 Å². The smallest absolute Gasteiger partial charge is 0.0556 e. The molecule has 4 unspecified atom stereocenters. The molecular weight excluding hydrogens is 234 g/mol. The number of fused-ring (bicyclic) bond motifs is 2. The van der Waals surface area contributed by atoms with Crippen LogP contribution in [0.4, 0.5) is 0 Å². The summed E-state index contributed by atoms with van der Waals surface area (Å²) in [5.74, 6) is 2.81. The summed E-state index contributed by atoms with van der Waals surface area (Å²) in [4.78, 5) is 0. The highest BCUT2D eigenvalue weighted by atomic mass is 15.3. The monoisotopic (exact) mass is 261 g/mol. The fraction of sp³-hybridized carbons (Fsp3) is 0.812. The fourth-order valence-electron chi connectivity index (χ4n) is 4.40. The first kappa shape index (κ1) is 13.2. The molecule has 3 nitrogen and oxygen atoms in total. The molecule has 3 heteroatoms. The fourth-order valence-corrected chi connectivity index (χ4v) is 4.40. The molecule has 2 bridgehead atoms. The average Bonchev–Trinajstić information content (AvgIpc) is 3.12. The molecule has 0 saturated heterocycles. The van der Waals surface area contributed by atoms with Gasteiger partial charge in [0.2, 0.25) is 0 Å². The van der Waals surface area contributed by atoms with Crippen LogP contribution in [0.2, 0.25) is 0 Å². The summed E-state index contributed by atoms with van der Waals surface area (Å²) in [6.07, 6.45) is 8.98. The lowest BCUT2D eigenvalue weighted by Gasteiger charge is -2.31. The maximum atomic E-state index is 4.52. The van der Waals surface area contributed by atoms with Crippen molar-refractivity contribution in [2.75, 3.05) is 6.54 Å². The van der Waals surface area contributed by atoms with Gasteiger partial charge in [-0.05, 0) is 56.0 Å². The molecule has 3 rings (SSSR count). The molecule has 1 heterocycles. The largest absolute Gasteiger partial charge is 0.309 e. The van der Waals surface area contributed by atoms with Crippen molar-refractivity contribution in [3.63, 3.8) is 0 Å². The molecular formula is C16H27N3. The maximum absolute atomic E-state index is 4.52. The number of aryl methyl sites for hydroxylation is 1. The van der Waals surface area contributed by atoms with E-state index in [2.05, 4.69) is 35.0 Å². The number of nitrogens with one attached hydrogen (secondary N) is 1. The average molecular weight is 261 g/mol. The van der Waals surface area contributed by atoms with Gasteiger partial charge in [0, 0.05) is 12.7 Å². The molecule has 0 aromatic carbocycles. The molecule has 19 heavy (non-hydrogen) atoms. The zero-order chi connectivity index (χ0) is 13.2. The lowest BCUT2D eigenvalue weighted by molar-refractivity contribution is 0.243. The van der Waals surface area contributed by atoms with Gasteiger partial charge in [0.1, 0.15) is 0 Å². The molecule has 1 N–H and O–H groups in total. The van der Waals surface area contributed by atoms with E-state index in [4.69, 9.17) is 0 Å². The van der Waals surface area contributed by atoms with Gasteiger partial charge < -0.3 is 5.32 Å². The van der Waals surface area contributed by atoms with E-state index in [0.717, 1.165) is 37.3 Å². The number of hydrogen-bond donors (Lipinski definition) is 1. The second-order valence-corrected chi connectivity index (χ2v) is 6.35. The van der Waals surface area contributed by atoms with E-state index in [9.17, 15) is 0 Å². The van der Waals surface area contributed by atoms with Crippen molar-refractivity contribution in [2.24, 2.45) is 17.8 Å². The lowest BCUT2D eigenvalue weighted by Crippen LogP contribution is -2.33. The van der Waals surface area contributed by atoms with Crippen LogP contribution < -0.4 is 5.32 Å². The summed E-state index contributed by atoms with van der Waals surface area (Å²) in [5, 5.41) is 8.27. The zero-order valence-corrected chi connectivity index (χ0v) is 12.3. The van der Waals surface area contributed by atoms with Crippen molar-refractivity contribution in [3.8, 4) is 0 Å². The number of nitrogens with zero attached hydrogens (tertiary/aromatic N) is 2. The Bertz CT molecular complexity index is 412. The third kappa shape index (κ3) is 2.45. The second-order valence-electron chi connectivity index (χ2n) is 6.35. The molecule has 0 amide bonds. The van der Waals surface area contributed by atoms with Crippen LogP contribution in [0.3, 0.4) is 0 Å². The van der Waals surface area contributed by atoms with Crippen molar-refractivity contribution < 1.29 is 0 Å². The quantitative estimate of drug-likeness (QED) is 0.850. The Morgan fingerprint density at radius 3 is 2.89 bits per heavy atom. The number of hydrogen-bond acceptors (Lipinski definition) is 2. The van der Waals surface area contributed by atoms with E-state index in [1.54, 1.807) is 0 Å². The van der Waals surface area contributed by atoms with E-state index >= 15 is 0 Å². The van der Waals surface area contributed by atoms with Gasteiger partial charge in [0.25, 0.3) is 0 Å². The minimum absolute atomic E-state index is 0.523. The number of aromatic nitrogens is 2. The minimum atomic E-state index is 0.523. The van der Waals surface area contributed by atoms with E-state index in [1.165, 1.54) is 31.4 Å². The summed E-state index contributed by atoms with van der Waals surface area (Å²) in [6, 6.07) is 2.75. The van der Waals surface area contributed by atoms with Crippen LogP contribution in [0, 0.1) is 17.8 Å². The van der Waals surface area contributed by atoms with Crippen LogP contribution in [0.25, 0.3) is 0 Å². The lowest BCUT2D eigenvalue weighted by atomic mass is 9.82. The molecule has 1 aromatic heterocycles. The molecule has 2 fully saturated rings. The van der Waals surface area contributed by atoms with E-state index < -0.39 is 0 Å². The predicted octanol–water partition coefficient (Wildman–Crippen LogP) is 3.38. The Morgan fingerprint density at radius 2 is 2.26 bits per heavy atom. The van der Waals surface area contributed by atoms with Gasteiger partial charge in [-0.1, -0.05) is 20.3 Å². The summed E-state index contributed by atoms with van der Waals surface area (Å²) < 4.78 is 2.22. The van der Waals surface area contributed by atoms with Gasteiger partial charge in [0.15, 0.2) is 0 Å². The third-order valence-corrected chi connectivity index (χ3v) is 5.15. The second kappa shape index (κ2) is 5.66. The van der Waals surface area contributed by atoms with E-state index in [1.807, 2.05) is 6.20 Å². The van der Waals surface area contributed by atoms with Crippen molar-refractivity contribution in [1.29, 1.82) is 0 Å². The van der Waals surface area contributed by atoms with E-state index in [-0.39, 0.29) is 0 Å². The number of rotatable bonds is 6. The topological polar surface area (TPSA) is 29.9 Å². The molecule has 0 spiro atoms. The summed E-state index contributed by atoms with van der Waals surface area (Å²) in [6.45, 7) is 6.55. The molecule has 4 atom stereocenters. The Labute approximate surface area is 116 Å². The standard InChI is InChI=1S/C16H27N3/c1-3-9-19-15(7-8-18-19)16(17-4-2)14-11-12-5-6-13(14)10-12/h7-8,12-14,16-17H,3-6,9-11H2,1-2H3. The first-order chi connectivity index (χ1) is 9.33. The molecule has 2 saturated carbocycles. The highest BCUT2D eigenvalue weighted by Crippen LogP contribution is 2.52. The van der Waals surface area contributed by atoms with Gasteiger partial charge >= 0.3 is 0 Å². The first-order valence-corrected chi connectivity index (χ1v) is 8.08. The molecule has 106 valence electrons. The van der Waals surface area contributed by atoms with Crippen LogP contribution in [0.5, 0.6) is 0 Å². The van der Waals surface area contributed by atoms with Crippen LogP contribution >= 0.6 is 0 Å². The molecule has 0 radical (unpaired) electrons. The molecule has 2 aliphatic rings. The predicted molar refractivity (Wildman–Crippen MR) is 77.9 cm³/mol.